The summed E-state index contributed by atoms with van der Waals surface area (Å²) in [6.45, 7) is 1.49. The van der Waals surface area contributed by atoms with Gasteiger partial charge in [-0.1, -0.05) is 12.1 Å². The first-order valence-electron chi connectivity index (χ1n) is 8.75. The summed E-state index contributed by atoms with van der Waals surface area (Å²) in [7, 11) is 0. The Hall–Kier alpha value is -1.93. The van der Waals surface area contributed by atoms with Crippen LogP contribution in [0.1, 0.15) is 36.8 Å². The summed E-state index contributed by atoms with van der Waals surface area (Å²) >= 11 is 0. The summed E-state index contributed by atoms with van der Waals surface area (Å²) in [6.07, 6.45) is 2.76. The molecule has 0 amide bonds. The van der Waals surface area contributed by atoms with Crippen molar-refractivity contribution in [3.8, 4) is 0 Å². The number of likely N-dealkylation sites (tertiary alicyclic amines) is 1. The van der Waals surface area contributed by atoms with Gasteiger partial charge < -0.3 is 5.73 Å². The van der Waals surface area contributed by atoms with Crippen molar-refractivity contribution in [1.82, 2.24) is 25.1 Å². The highest BCUT2D eigenvalue weighted by Crippen LogP contribution is 2.45. The third kappa shape index (κ3) is 3.16. The highest BCUT2D eigenvalue weighted by molar-refractivity contribution is 5.25. The maximum atomic E-state index is 15.5. The summed E-state index contributed by atoms with van der Waals surface area (Å²) in [4.78, 5) is 3.65. The fraction of sp³-hybridized carbons (Fsp3) is 0.588. The van der Waals surface area contributed by atoms with Crippen LogP contribution in [0.4, 0.5) is 8.78 Å². The van der Waals surface area contributed by atoms with E-state index in [1.807, 2.05) is 0 Å². The van der Waals surface area contributed by atoms with Crippen LogP contribution in [-0.4, -0.2) is 56.5 Å². The molecule has 5 unspecified atom stereocenters. The number of hydrogen-bond acceptors (Lipinski definition) is 5. The van der Waals surface area contributed by atoms with Crippen molar-refractivity contribution >= 4 is 0 Å². The molecule has 25 heavy (non-hydrogen) atoms. The number of hydrogen-bond donors (Lipinski definition) is 1. The Morgan fingerprint density at radius 2 is 2.00 bits per heavy atom. The van der Waals surface area contributed by atoms with Gasteiger partial charge in [-0.25, -0.2) is 8.78 Å². The molecule has 0 radical (unpaired) electrons. The molecule has 1 saturated heterocycles. The lowest BCUT2D eigenvalue weighted by molar-refractivity contribution is 0.0692. The van der Waals surface area contributed by atoms with E-state index in [0.29, 0.717) is 13.0 Å². The molecule has 1 aromatic carbocycles. The van der Waals surface area contributed by atoms with Gasteiger partial charge >= 0.3 is 0 Å². The van der Waals surface area contributed by atoms with Gasteiger partial charge in [0.05, 0.1) is 12.1 Å². The smallest absolute Gasteiger partial charge is 0.162 e. The quantitative estimate of drug-likeness (QED) is 0.913. The van der Waals surface area contributed by atoms with E-state index in [-0.39, 0.29) is 29.9 Å². The SMILES string of the molecule is NC1CCCN(C2C(F)C(c3ccc(F)cc3)CC2n2ncnn2)C1. The minimum atomic E-state index is -1.09. The molecule has 2 N–H and O–H groups in total. The summed E-state index contributed by atoms with van der Waals surface area (Å²) in [6, 6.07) is 5.61. The molecule has 2 aliphatic rings. The first-order valence-corrected chi connectivity index (χ1v) is 8.75. The molecule has 0 spiro atoms. The second-order valence-electron chi connectivity index (χ2n) is 7.05. The van der Waals surface area contributed by atoms with Gasteiger partial charge in [-0.2, -0.15) is 4.80 Å². The zero-order valence-corrected chi connectivity index (χ0v) is 13.9. The van der Waals surface area contributed by atoms with Gasteiger partial charge in [-0.05, 0) is 48.7 Å². The van der Waals surface area contributed by atoms with Crippen LogP contribution in [0.15, 0.2) is 30.6 Å². The lowest BCUT2D eigenvalue weighted by Crippen LogP contribution is -2.52. The summed E-state index contributed by atoms with van der Waals surface area (Å²) < 4.78 is 28.8. The standard InChI is InChI=1S/C17H22F2N6/c18-12-5-3-11(4-6-12)14-8-15(25-22-10-21-23-25)17(16(14)19)24-7-1-2-13(20)9-24/h3-6,10,13-17H,1-2,7-9,20H2. The third-order valence-corrected chi connectivity index (χ3v) is 5.47. The predicted molar refractivity (Wildman–Crippen MR) is 88.1 cm³/mol. The third-order valence-electron chi connectivity index (χ3n) is 5.47. The largest absolute Gasteiger partial charge is 0.327 e. The van der Waals surface area contributed by atoms with Crippen molar-refractivity contribution in [1.29, 1.82) is 0 Å². The number of rotatable bonds is 3. The number of tetrazole rings is 1. The highest BCUT2D eigenvalue weighted by Gasteiger charge is 2.49. The average molecular weight is 348 g/mol. The number of benzene rings is 1. The molecule has 4 rings (SSSR count). The minimum absolute atomic E-state index is 0.0650. The number of alkyl halides is 1. The van der Waals surface area contributed by atoms with Crippen LogP contribution in [0.5, 0.6) is 0 Å². The molecule has 2 heterocycles. The Kier molecular flexibility index (Phi) is 4.47. The number of nitrogens with two attached hydrogens (primary N) is 1. The average Bonchev–Trinajstić information content (AvgIpc) is 3.23. The van der Waals surface area contributed by atoms with Gasteiger partial charge in [0.15, 0.2) is 6.33 Å². The van der Waals surface area contributed by atoms with Gasteiger partial charge in [0.25, 0.3) is 0 Å². The van der Waals surface area contributed by atoms with Crippen molar-refractivity contribution in [2.45, 2.75) is 49.5 Å². The van der Waals surface area contributed by atoms with Gasteiger partial charge in [-0.15, -0.1) is 10.2 Å². The topological polar surface area (TPSA) is 72.9 Å². The van der Waals surface area contributed by atoms with Crippen LogP contribution in [0.3, 0.4) is 0 Å². The number of piperidine rings is 1. The molecular formula is C17H22F2N6. The Morgan fingerprint density at radius 1 is 1.20 bits per heavy atom. The fourth-order valence-electron chi connectivity index (χ4n) is 4.32. The lowest BCUT2D eigenvalue weighted by atomic mass is 9.95. The van der Waals surface area contributed by atoms with Crippen LogP contribution < -0.4 is 5.73 Å². The van der Waals surface area contributed by atoms with E-state index >= 15 is 4.39 Å². The van der Waals surface area contributed by atoms with Crippen molar-refractivity contribution in [2.75, 3.05) is 13.1 Å². The zero-order chi connectivity index (χ0) is 17.4. The minimum Gasteiger partial charge on any atom is -0.327 e. The highest BCUT2D eigenvalue weighted by atomic mass is 19.1. The first-order chi connectivity index (χ1) is 12.1. The van der Waals surface area contributed by atoms with E-state index in [1.54, 1.807) is 12.1 Å². The molecule has 134 valence electrons. The van der Waals surface area contributed by atoms with Crippen molar-refractivity contribution < 1.29 is 8.78 Å². The van der Waals surface area contributed by atoms with Crippen LogP contribution in [0.2, 0.25) is 0 Å². The van der Waals surface area contributed by atoms with E-state index in [1.165, 1.54) is 23.3 Å². The Bertz CT molecular complexity index is 692. The van der Waals surface area contributed by atoms with Crippen molar-refractivity contribution in [3.05, 3.63) is 42.0 Å². The maximum absolute atomic E-state index is 15.5. The normalized spacial score (nSPS) is 33.6. The number of halogens is 2. The molecule has 6 nitrogen and oxygen atoms in total. The fourth-order valence-corrected chi connectivity index (χ4v) is 4.32. The van der Waals surface area contributed by atoms with Gasteiger partial charge in [0, 0.05) is 18.5 Å². The van der Waals surface area contributed by atoms with Gasteiger partial charge in [0.2, 0.25) is 0 Å². The second-order valence-corrected chi connectivity index (χ2v) is 7.05. The lowest BCUT2D eigenvalue weighted by Gasteiger charge is -2.38. The molecular weight excluding hydrogens is 326 g/mol. The Balaban J connectivity index is 1.65. The molecule has 1 saturated carbocycles. The Labute approximate surface area is 145 Å². The first kappa shape index (κ1) is 16.5. The summed E-state index contributed by atoms with van der Waals surface area (Å²) in [5, 5.41) is 11.9. The van der Waals surface area contributed by atoms with E-state index in [9.17, 15) is 4.39 Å². The Morgan fingerprint density at radius 3 is 2.68 bits per heavy atom. The molecule has 2 aromatic rings. The molecule has 2 fully saturated rings. The summed E-state index contributed by atoms with van der Waals surface area (Å²) in [5.41, 5.74) is 6.92. The van der Waals surface area contributed by atoms with E-state index in [2.05, 4.69) is 20.3 Å². The van der Waals surface area contributed by atoms with E-state index in [4.69, 9.17) is 5.73 Å². The van der Waals surface area contributed by atoms with Crippen LogP contribution >= 0.6 is 0 Å². The number of aromatic nitrogens is 4. The molecule has 8 heteroatoms. The molecule has 1 aliphatic carbocycles. The predicted octanol–water partition coefficient (Wildman–Crippen LogP) is 1.67. The van der Waals surface area contributed by atoms with Crippen LogP contribution in [-0.2, 0) is 0 Å². The van der Waals surface area contributed by atoms with Crippen LogP contribution in [0, 0.1) is 5.82 Å². The van der Waals surface area contributed by atoms with E-state index in [0.717, 1.165) is 24.9 Å². The molecule has 5 atom stereocenters. The van der Waals surface area contributed by atoms with Gasteiger partial charge in [0.1, 0.15) is 12.0 Å². The zero-order valence-electron chi connectivity index (χ0n) is 13.9. The molecule has 0 bridgehead atoms. The maximum Gasteiger partial charge on any atom is 0.162 e. The van der Waals surface area contributed by atoms with Crippen molar-refractivity contribution in [2.24, 2.45) is 5.73 Å². The summed E-state index contributed by atoms with van der Waals surface area (Å²) in [5.74, 6) is -0.634. The molecule has 1 aromatic heterocycles. The van der Waals surface area contributed by atoms with Crippen molar-refractivity contribution in [3.63, 3.8) is 0 Å². The monoisotopic (exact) mass is 348 g/mol. The van der Waals surface area contributed by atoms with Crippen LogP contribution in [0.25, 0.3) is 0 Å². The molecule has 1 aliphatic heterocycles. The number of nitrogens with zero attached hydrogens (tertiary/aromatic N) is 5. The second kappa shape index (κ2) is 6.76. The van der Waals surface area contributed by atoms with E-state index < -0.39 is 6.17 Å². The van der Waals surface area contributed by atoms with Gasteiger partial charge in [-0.3, -0.25) is 4.90 Å².